The van der Waals surface area contributed by atoms with Gasteiger partial charge < -0.3 is 4.74 Å². The maximum absolute atomic E-state index is 11.0. The first-order valence-electron chi connectivity index (χ1n) is 3.88. The van der Waals surface area contributed by atoms with E-state index >= 15 is 0 Å². The highest BCUT2D eigenvalue weighted by molar-refractivity contribution is 7.64. The van der Waals surface area contributed by atoms with E-state index in [1.165, 1.54) is 0 Å². The molecule has 74 valence electrons. The van der Waals surface area contributed by atoms with Crippen LogP contribution in [-0.2, 0) is 14.3 Å². The Kier molecular flexibility index (Phi) is 6.11. The Morgan fingerprint density at radius 3 is 2.54 bits per heavy atom. The normalized spacial score (nSPS) is 12.8. The summed E-state index contributed by atoms with van der Waals surface area (Å²) in [6, 6.07) is 0. The molecule has 3 nitrogen and oxygen atoms in total. The van der Waals surface area contributed by atoms with E-state index in [0.29, 0.717) is 12.0 Å². The van der Waals surface area contributed by atoms with Gasteiger partial charge in [-0.25, -0.2) is 4.79 Å². The predicted molar refractivity (Wildman–Crippen MR) is 58.0 cm³/mol. The average molecular weight is 220 g/mol. The summed E-state index contributed by atoms with van der Waals surface area (Å²) in [5.74, 6) is -0.448. The van der Waals surface area contributed by atoms with Crippen LogP contribution in [0.4, 0.5) is 0 Å². The molecule has 0 N–H and O–H groups in total. The minimum absolute atomic E-state index is 0.00519. The Balaban J connectivity index is 3.87. The third-order valence-electron chi connectivity index (χ3n) is 1.21. The van der Waals surface area contributed by atoms with Gasteiger partial charge in [0.25, 0.3) is 0 Å². The zero-order valence-corrected chi connectivity index (χ0v) is 9.95. The van der Waals surface area contributed by atoms with Crippen LogP contribution in [0.5, 0.6) is 0 Å². The molecule has 0 aliphatic heterocycles. The van der Waals surface area contributed by atoms with Crippen molar-refractivity contribution in [1.82, 2.24) is 0 Å². The van der Waals surface area contributed by atoms with Crippen molar-refractivity contribution in [3.63, 3.8) is 0 Å². The molecule has 0 spiro atoms. The van der Waals surface area contributed by atoms with Crippen LogP contribution >= 0.6 is 17.8 Å². The number of esters is 1. The summed E-state index contributed by atoms with van der Waals surface area (Å²) in [6.07, 6.45) is 0.480. The van der Waals surface area contributed by atoms with Crippen LogP contribution in [0.15, 0.2) is 12.2 Å². The molecule has 0 aliphatic carbocycles. The van der Waals surface area contributed by atoms with Crippen LogP contribution in [0, 0.1) is 0 Å². The summed E-state index contributed by atoms with van der Waals surface area (Å²) in [5, 5.41) is 0. The van der Waals surface area contributed by atoms with Crippen molar-refractivity contribution in [3.8, 4) is 0 Å². The van der Waals surface area contributed by atoms with Crippen molar-refractivity contribution >= 4 is 29.3 Å². The molecule has 0 saturated heterocycles. The van der Waals surface area contributed by atoms with Gasteiger partial charge in [-0.1, -0.05) is 22.7 Å². The molecule has 0 aromatic heterocycles. The summed E-state index contributed by atoms with van der Waals surface area (Å²) < 4.78 is 4.90. The predicted octanol–water partition coefficient (Wildman–Crippen LogP) is 1.88. The van der Waals surface area contributed by atoms with Gasteiger partial charge in [-0.05, 0) is 15.5 Å². The summed E-state index contributed by atoms with van der Waals surface area (Å²) >= 11 is 0. The van der Waals surface area contributed by atoms with Gasteiger partial charge in [-0.15, -0.1) is 0 Å². The zero-order valence-electron chi connectivity index (χ0n) is 7.79. The minimum Gasteiger partial charge on any atom is -0.450 e. The molecule has 13 heavy (non-hydrogen) atoms. The summed E-state index contributed by atoms with van der Waals surface area (Å²) in [7, 11) is 2.33. The highest BCUT2D eigenvalue weighted by Gasteiger charge is 2.12. The number of hydrogen-bond acceptors (Lipinski definition) is 3. The monoisotopic (exact) mass is 220 g/mol. The van der Waals surface area contributed by atoms with Gasteiger partial charge in [0.15, 0.2) is 5.52 Å². The maximum Gasteiger partial charge on any atom is 0.334 e. The molecule has 3 atom stereocenters. The highest BCUT2D eigenvalue weighted by atomic mass is 31.1. The van der Waals surface area contributed by atoms with Crippen molar-refractivity contribution in [2.24, 2.45) is 0 Å². The third kappa shape index (κ3) is 5.90. The number of carbonyl (C=O) groups excluding carboxylic acids is 2. The second-order valence-electron chi connectivity index (χ2n) is 2.53. The van der Waals surface area contributed by atoms with Crippen molar-refractivity contribution < 1.29 is 14.3 Å². The van der Waals surface area contributed by atoms with Crippen molar-refractivity contribution in [3.05, 3.63) is 12.2 Å². The van der Waals surface area contributed by atoms with E-state index in [2.05, 4.69) is 15.8 Å². The fourth-order valence-corrected chi connectivity index (χ4v) is 1.87. The standard InChI is InChI=1S/C8H14O3P2/c1-4-6(9)13-8(12)11-7(10)5(2)3/h8,13H,2,4,12H2,1,3H3. The average Bonchev–Trinajstić information content (AvgIpc) is 2.03. The smallest absolute Gasteiger partial charge is 0.334 e. The Labute approximate surface area is 82.3 Å². The van der Waals surface area contributed by atoms with E-state index in [9.17, 15) is 9.59 Å². The Morgan fingerprint density at radius 1 is 1.62 bits per heavy atom. The number of ether oxygens (including phenoxy) is 1. The van der Waals surface area contributed by atoms with Crippen LogP contribution in [0.1, 0.15) is 20.3 Å². The molecule has 0 fully saturated rings. The van der Waals surface area contributed by atoms with Crippen molar-refractivity contribution in [2.45, 2.75) is 25.9 Å². The second-order valence-corrected chi connectivity index (χ2v) is 5.21. The molecule has 0 amide bonds. The molecule has 0 saturated carbocycles. The lowest BCUT2D eigenvalue weighted by Gasteiger charge is -2.11. The van der Waals surface area contributed by atoms with E-state index in [-0.39, 0.29) is 14.1 Å². The van der Waals surface area contributed by atoms with Gasteiger partial charge in [0.05, 0.1) is 0 Å². The molecule has 3 unspecified atom stereocenters. The minimum atomic E-state index is -0.448. The fraction of sp³-hybridized carbons (Fsp3) is 0.500. The van der Waals surface area contributed by atoms with Crippen LogP contribution in [-0.4, -0.2) is 17.1 Å². The molecule has 0 rings (SSSR count). The van der Waals surface area contributed by atoms with Crippen LogP contribution in [0.25, 0.3) is 0 Å². The maximum atomic E-state index is 11.0. The van der Waals surface area contributed by atoms with Crippen molar-refractivity contribution in [2.75, 3.05) is 0 Å². The number of carbonyl (C=O) groups is 2. The molecule has 0 bridgehead atoms. The summed E-state index contributed by atoms with van der Waals surface area (Å²) in [5.41, 5.74) is 0.0485. The van der Waals surface area contributed by atoms with E-state index in [4.69, 9.17) is 4.74 Å². The van der Waals surface area contributed by atoms with Gasteiger partial charge in [-0.3, -0.25) is 4.79 Å². The second kappa shape index (κ2) is 6.23. The van der Waals surface area contributed by atoms with Crippen molar-refractivity contribution in [1.29, 1.82) is 0 Å². The zero-order chi connectivity index (χ0) is 10.4. The lowest BCUT2D eigenvalue weighted by atomic mass is 10.4. The number of rotatable bonds is 5. The summed E-state index contributed by atoms with van der Waals surface area (Å²) in [4.78, 5) is 21.9. The Bertz CT molecular complexity index is 225. The fourth-order valence-electron chi connectivity index (χ4n) is 0.506. The lowest BCUT2D eigenvalue weighted by molar-refractivity contribution is -0.137. The first-order valence-corrected chi connectivity index (χ1v) is 5.63. The molecule has 5 heteroatoms. The SMILES string of the molecule is C=C(C)C(=O)OC(P)PC(=O)CC. The van der Waals surface area contributed by atoms with Gasteiger partial charge in [0.1, 0.15) is 5.59 Å². The molecule has 0 radical (unpaired) electrons. The van der Waals surface area contributed by atoms with Gasteiger partial charge >= 0.3 is 5.97 Å². The van der Waals surface area contributed by atoms with Crippen LogP contribution in [0.3, 0.4) is 0 Å². The van der Waals surface area contributed by atoms with E-state index in [1.54, 1.807) is 13.8 Å². The molecule has 0 heterocycles. The first kappa shape index (κ1) is 12.7. The Morgan fingerprint density at radius 2 is 2.15 bits per heavy atom. The summed E-state index contributed by atoms with van der Waals surface area (Å²) in [6.45, 7) is 6.80. The Hall–Kier alpha value is -0.260. The van der Waals surface area contributed by atoms with Gasteiger partial charge in [0, 0.05) is 12.0 Å². The van der Waals surface area contributed by atoms with Crippen LogP contribution < -0.4 is 0 Å². The molecular weight excluding hydrogens is 206 g/mol. The van der Waals surface area contributed by atoms with Crippen LogP contribution in [0.2, 0.25) is 0 Å². The highest BCUT2D eigenvalue weighted by Crippen LogP contribution is 2.28. The quantitative estimate of drug-likeness (QED) is 0.403. The largest absolute Gasteiger partial charge is 0.450 e. The van der Waals surface area contributed by atoms with Gasteiger partial charge in [0.2, 0.25) is 0 Å². The lowest BCUT2D eigenvalue weighted by Crippen LogP contribution is -2.10. The van der Waals surface area contributed by atoms with Gasteiger partial charge in [-0.2, -0.15) is 0 Å². The molecule has 0 aromatic carbocycles. The first-order chi connectivity index (χ1) is 5.97. The third-order valence-corrected chi connectivity index (χ3v) is 2.92. The molecule has 0 aromatic rings. The molecular formula is C8H14O3P2. The number of hydrogen-bond donors (Lipinski definition) is 0. The molecule has 0 aliphatic rings. The topological polar surface area (TPSA) is 43.4 Å². The van der Waals surface area contributed by atoms with E-state index in [0.717, 1.165) is 0 Å². The van der Waals surface area contributed by atoms with E-state index in [1.807, 2.05) is 0 Å². The van der Waals surface area contributed by atoms with E-state index < -0.39 is 11.6 Å².